The second-order valence-electron chi connectivity index (χ2n) is 8.81. The first-order chi connectivity index (χ1) is 14.6. The Bertz CT molecular complexity index is 1150. The summed E-state index contributed by atoms with van der Waals surface area (Å²) in [7, 11) is 0. The van der Waals surface area contributed by atoms with Crippen molar-refractivity contribution in [2.24, 2.45) is 0 Å². The van der Waals surface area contributed by atoms with Crippen LogP contribution in [0.4, 0.5) is 8.78 Å². The molecule has 0 bridgehead atoms. The van der Waals surface area contributed by atoms with Crippen LogP contribution in [-0.4, -0.2) is 31.4 Å². The predicted octanol–water partition coefficient (Wildman–Crippen LogP) is 5.68. The van der Waals surface area contributed by atoms with Crippen LogP contribution in [-0.2, 0) is 22.4 Å². The van der Waals surface area contributed by atoms with E-state index in [1.54, 1.807) is 39.0 Å². The van der Waals surface area contributed by atoms with Gasteiger partial charge in [0.15, 0.2) is 6.10 Å². The highest BCUT2D eigenvalue weighted by Gasteiger charge is 2.34. The average molecular weight is 450 g/mol. The molecule has 0 aromatic carbocycles. The fourth-order valence-corrected chi connectivity index (χ4v) is 5.51. The highest BCUT2D eigenvalue weighted by atomic mass is 32.1. The lowest BCUT2D eigenvalue weighted by molar-refractivity contribution is -0.160. The van der Waals surface area contributed by atoms with Crippen molar-refractivity contribution >= 4 is 27.5 Å². The first-order valence-electron chi connectivity index (χ1n) is 10.2. The van der Waals surface area contributed by atoms with Crippen molar-refractivity contribution in [3.05, 3.63) is 34.1 Å². The maximum Gasteiger partial charge on any atom is 0.337 e. The first kappa shape index (κ1) is 21.8. The van der Waals surface area contributed by atoms with Gasteiger partial charge in [-0.3, -0.25) is 0 Å². The van der Waals surface area contributed by atoms with Gasteiger partial charge in [0.05, 0.1) is 11.8 Å². The number of carboxylic acids is 1. The molecule has 1 aliphatic rings. The number of fused-ring (bicyclic) bond motifs is 3. The number of hydrogen-bond donors (Lipinski definition) is 1. The second-order valence-corrected chi connectivity index (χ2v) is 9.90. The lowest BCUT2D eigenvalue weighted by Crippen LogP contribution is -2.28. The van der Waals surface area contributed by atoms with Crippen LogP contribution in [0.5, 0.6) is 0 Å². The van der Waals surface area contributed by atoms with Crippen LogP contribution >= 0.6 is 11.3 Å². The van der Waals surface area contributed by atoms with Crippen LogP contribution in [0.15, 0.2) is 12.4 Å². The summed E-state index contributed by atoms with van der Waals surface area (Å²) < 4.78 is 33.1. The van der Waals surface area contributed by atoms with E-state index in [-0.39, 0.29) is 0 Å². The Kier molecular flexibility index (Phi) is 5.59. The summed E-state index contributed by atoms with van der Waals surface area (Å²) in [6.45, 7) is 4.31. The molecule has 1 atom stereocenters. The van der Waals surface area contributed by atoms with E-state index in [1.165, 1.54) is 17.3 Å². The number of aliphatic carboxylic acids is 1. The number of thiophene rings is 1. The summed E-state index contributed by atoms with van der Waals surface area (Å²) in [6, 6.07) is 0. The van der Waals surface area contributed by atoms with Crippen LogP contribution in [0.1, 0.15) is 68.0 Å². The number of hydrogen-bond acceptors (Lipinski definition) is 5. The molecule has 0 spiro atoms. The molecule has 3 heterocycles. The van der Waals surface area contributed by atoms with Gasteiger partial charge in [0.25, 0.3) is 0 Å². The van der Waals surface area contributed by atoms with Crippen molar-refractivity contribution in [3.63, 3.8) is 0 Å². The van der Waals surface area contributed by atoms with Crippen LogP contribution in [0, 0.1) is 6.92 Å². The topological polar surface area (TPSA) is 77.2 Å². The molecule has 0 saturated carbocycles. The number of carboxylic acid groups (broad SMARTS) is 1. The van der Waals surface area contributed by atoms with Gasteiger partial charge in [-0.25, -0.2) is 14.5 Å². The molecule has 3 aromatic heterocycles. The Morgan fingerprint density at radius 1 is 1.29 bits per heavy atom. The monoisotopic (exact) mass is 449 g/mol. The summed E-state index contributed by atoms with van der Waals surface area (Å²) in [4.78, 5) is 19.1. The standard InChI is InChI=1S/C22H25F2N3O3S/c1-11-15(18(20(28)29)30-22(2,3)4)16(12-9-25-27(10-12)21(23)24)17-13-7-5-6-8-14(13)31-19(17)26-11/h9-10,18,21H,5-8H2,1-4H3,(H,28,29). The van der Waals surface area contributed by atoms with Gasteiger partial charge in [0, 0.05) is 38.8 Å². The van der Waals surface area contributed by atoms with Gasteiger partial charge >= 0.3 is 12.5 Å². The van der Waals surface area contributed by atoms with Gasteiger partial charge in [0.2, 0.25) is 0 Å². The minimum atomic E-state index is -2.78. The van der Waals surface area contributed by atoms with Crippen molar-refractivity contribution in [2.45, 2.75) is 71.6 Å². The summed E-state index contributed by atoms with van der Waals surface area (Å²) in [5, 5.41) is 14.7. The molecule has 9 heteroatoms. The second kappa shape index (κ2) is 7.94. The maximum absolute atomic E-state index is 13.3. The molecule has 3 aromatic rings. The van der Waals surface area contributed by atoms with Crippen molar-refractivity contribution < 1.29 is 23.4 Å². The van der Waals surface area contributed by atoms with Gasteiger partial charge in [0.1, 0.15) is 4.83 Å². The molecule has 0 saturated heterocycles. The fourth-order valence-electron chi connectivity index (χ4n) is 4.20. The highest BCUT2D eigenvalue weighted by Crippen LogP contribution is 2.45. The molecule has 1 unspecified atom stereocenters. The smallest absolute Gasteiger partial charge is 0.337 e. The zero-order valence-electron chi connectivity index (χ0n) is 17.9. The summed E-state index contributed by atoms with van der Waals surface area (Å²) in [5.41, 5.74) is 2.35. The van der Waals surface area contributed by atoms with E-state index >= 15 is 0 Å². The van der Waals surface area contributed by atoms with E-state index in [4.69, 9.17) is 9.72 Å². The Hall–Kier alpha value is -2.39. The number of ether oxygens (including phenoxy) is 1. The Morgan fingerprint density at radius 2 is 2.00 bits per heavy atom. The van der Waals surface area contributed by atoms with Crippen LogP contribution in [0.2, 0.25) is 0 Å². The molecular weight excluding hydrogens is 424 g/mol. The Morgan fingerprint density at radius 3 is 2.61 bits per heavy atom. The number of aryl methyl sites for hydroxylation is 3. The van der Waals surface area contributed by atoms with E-state index in [9.17, 15) is 18.7 Å². The molecule has 31 heavy (non-hydrogen) atoms. The molecule has 1 aliphatic carbocycles. The number of rotatable bonds is 5. The molecule has 6 nitrogen and oxygen atoms in total. The highest BCUT2D eigenvalue weighted by molar-refractivity contribution is 7.19. The third kappa shape index (κ3) is 4.08. The van der Waals surface area contributed by atoms with Gasteiger partial charge in [-0.1, -0.05) is 0 Å². The number of carbonyl (C=O) groups is 1. The first-order valence-corrected chi connectivity index (χ1v) is 11.1. The Labute approximate surface area is 182 Å². The number of alkyl halides is 2. The average Bonchev–Trinajstić information content (AvgIpc) is 3.29. The number of halogens is 2. The van der Waals surface area contributed by atoms with Crippen LogP contribution in [0.25, 0.3) is 21.3 Å². The zero-order valence-corrected chi connectivity index (χ0v) is 18.7. The minimum absolute atomic E-state index is 0.398. The molecule has 4 rings (SSSR count). The quantitative estimate of drug-likeness (QED) is 0.542. The molecule has 1 N–H and O–H groups in total. The van der Waals surface area contributed by atoms with Crippen molar-refractivity contribution in [1.29, 1.82) is 0 Å². The predicted molar refractivity (Wildman–Crippen MR) is 115 cm³/mol. The van der Waals surface area contributed by atoms with Crippen molar-refractivity contribution in [3.8, 4) is 11.1 Å². The molecule has 0 radical (unpaired) electrons. The van der Waals surface area contributed by atoms with E-state index < -0.39 is 24.2 Å². The molecule has 0 aliphatic heterocycles. The Balaban J connectivity index is 2.06. The lowest BCUT2D eigenvalue weighted by Gasteiger charge is -2.27. The van der Waals surface area contributed by atoms with Crippen LogP contribution in [0.3, 0.4) is 0 Å². The molecule has 0 amide bonds. The number of nitrogens with zero attached hydrogens (tertiary/aromatic N) is 3. The van der Waals surface area contributed by atoms with Gasteiger partial charge in [-0.2, -0.15) is 13.9 Å². The SMILES string of the molecule is Cc1nc2sc3c(c2c(-c2cnn(C(F)F)c2)c1C(OC(C)(C)C)C(=O)O)CCCC3. The molecular formula is C22H25F2N3O3S. The van der Waals surface area contributed by atoms with Crippen molar-refractivity contribution in [1.82, 2.24) is 14.8 Å². The summed E-state index contributed by atoms with van der Waals surface area (Å²) in [6.07, 6.45) is 5.27. The fraction of sp³-hybridized carbons (Fsp3) is 0.500. The van der Waals surface area contributed by atoms with Crippen molar-refractivity contribution in [2.75, 3.05) is 0 Å². The minimum Gasteiger partial charge on any atom is -0.479 e. The van der Waals surface area contributed by atoms with E-state index in [0.29, 0.717) is 27.1 Å². The molecule has 0 fully saturated rings. The van der Waals surface area contributed by atoms with E-state index in [1.807, 2.05) is 0 Å². The van der Waals surface area contributed by atoms with E-state index in [2.05, 4.69) is 5.10 Å². The van der Waals surface area contributed by atoms with Gasteiger partial charge in [-0.05, 0) is 58.9 Å². The number of pyridine rings is 1. The number of aromatic nitrogens is 3. The van der Waals surface area contributed by atoms with Gasteiger partial charge in [-0.15, -0.1) is 11.3 Å². The summed E-state index contributed by atoms with van der Waals surface area (Å²) >= 11 is 1.60. The zero-order chi connectivity index (χ0) is 22.5. The van der Waals surface area contributed by atoms with Crippen LogP contribution < -0.4 is 0 Å². The maximum atomic E-state index is 13.3. The third-order valence-electron chi connectivity index (χ3n) is 5.38. The summed E-state index contributed by atoms with van der Waals surface area (Å²) in [5.74, 6) is -1.15. The lowest BCUT2D eigenvalue weighted by atomic mass is 9.89. The largest absolute Gasteiger partial charge is 0.479 e. The third-order valence-corrected chi connectivity index (χ3v) is 6.56. The van der Waals surface area contributed by atoms with Gasteiger partial charge < -0.3 is 9.84 Å². The normalized spacial score (nSPS) is 15.5. The molecule has 166 valence electrons. The van der Waals surface area contributed by atoms with E-state index in [0.717, 1.165) is 41.5 Å².